The lowest BCUT2D eigenvalue weighted by atomic mass is 10.0. The van der Waals surface area contributed by atoms with Crippen molar-refractivity contribution in [1.29, 1.82) is 0 Å². The highest BCUT2D eigenvalue weighted by Gasteiger charge is 2.36. The zero-order valence-electron chi connectivity index (χ0n) is 15.4. The van der Waals surface area contributed by atoms with Gasteiger partial charge >= 0.3 is 0 Å². The van der Waals surface area contributed by atoms with E-state index in [1.807, 2.05) is 26.0 Å². The van der Waals surface area contributed by atoms with E-state index in [1.54, 1.807) is 36.0 Å². The molecule has 0 aliphatic carbocycles. The summed E-state index contributed by atoms with van der Waals surface area (Å²) in [5.41, 5.74) is 1.53. The molecule has 0 spiro atoms. The van der Waals surface area contributed by atoms with E-state index in [0.717, 1.165) is 12.0 Å². The van der Waals surface area contributed by atoms with E-state index in [1.165, 1.54) is 0 Å². The first kappa shape index (κ1) is 19.0. The van der Waals surface area contributed by atoms with Gasteiger partial charge in [0.25, 0.3) is 5.91 Å². The minimum atomic E-state index is -0.412. The molecule has 0 bridgehead atoms. The highest BCUT2D eigenvalue weighted by Crippen LogP contribution is 2.21. The van der Waals surface area contributed by atoms with Crippen molar-refractivity contribution in [3.63, 3.8) is 0 Å². The van der Waals surface area contributed by atoms with Gasteiger partial charge in [0.15, 0.2) is 0 Å². The number of nitrogens with one attached hydrogen (secondary N) is 1. The van der Waals surface area contributed by atoms with Gasteiger partial charge in [-0.25, -0.2) is 0 Å². The molecule has 2 rings (SSSR count). The van der Waals surface area contributed by atoms with Crippen molar-refractivity contribution in [1.82, 2.24) is 15.1 Å². The summed E-state index contributed by atoms with van der Waals surface area (Å²) in [7, 11) is 3.35. The minimum Gasteiger partial charge on any atom is -0.355 e. The van der Waals surface area contributed by atoms with Crippen LogP contribution in [0.15, 0.2) is 24.3 Å². The molecule has 1 fully saturated rings. The van der Waals surface area contributed by atoms with Crippen LogP contribution in [0.1, 0.15) is 42.6 Å². The first-order valence-corrected chi connectivity index (χ1v) is 8.70. The number of carbonyl (C=O) groups is 3. The second-order valence-electron chi connectivity index (χ2n) is 6.85. The van der Waals surface area contributed by atoms with Crippen molar-refractivity contribution in [2.24, 2.45) is 5.92 Å². The Hall–Kier alpha value is -2.37. The Balaban J connectivity index is 2.07. The highest BCUT2D eigenvalue weighted by atomic mass is 16.2. The summed E-state index contributed by atoms with van der Waals surface area (Å²) in [4.78, 5) is 39.9. The minimum absolute atomic E-state index is 0.0411. The molecule has 0 unspecified atom stereocenters. The molecule has 136 valence electrons. The largest absolute Gasteiger partial charge is 0.355 e. The number of carbonyl (C=O) groups excluding carboxylic acids is 3. The average Bonchev–Trinajstić information content (AvgIpc) is 3.00. The van der Waals surface area contributed by atoms with Gasteiger partial charge in [0, 0.05) is 39.2 Å². The van der Waals surface area contributed by atoms with E-state index >= 15 is 0 Å². The van der Waals surface area contributed by atoms with Crippen LogP contribution in [0.25, 0.3) is 0 Å². The molecule has 3 amide bonds. The van der Waals surface area contributed by atoms with Gasteiger partial charge in [-0.3, -0.25) is 14.4 Å². The van der Waals surface area contributed by atoms with Crippen molar-refractivity contribution in [2.75, 3.05) is 20.6 Å². The van der Waals surface area contributed by atoms with Crippen LogP contribution in [-0.4, -0.2) is 54.2 Å². The second-order valence-corrected chi connectivity index (χ2v) is 6.85. The van der Waals surface area contributed by atoms with Crippen molar-refractivity contribution in [3.8, 4) is 0 Å². The molecule has 6 heteroatoms. The van der Waals surface area contributed by atoms with Crippen molar-refractivity contribution < 1.29 is 14.4 Å². The fraction of sp³-hybridized carbons (Fsp3) is 0.526. The lowest BCUT2D eigenvalue weighted by Gasteiger charge is -2.33. The number of benzene rings is 1. The normalized spacial score (nSPS) is 15.4. The van der Waals surface area contributed by atoms with Crippen LogP contribution in [-0.2, 0) is 16.1 Å². The number of nitrogens with zero attached hydrogens (tertiary/aromatic N) is 2. The third kappa shape index (κ3) is 4.38. The molecule has 1 N–H and O–H groups in total. The fourth-order valence-corrected chi connectivity index (χ4v) is 3.22. The summed E-state index contributed by atoms with van der Waals surface area (Å²) in [6.07, 6.45) is 1.35. The average molecular weight is 345 g/mol. The van der Waals surface area contributed by atoms with Crippen molar-refractivity contribution >= 4 is 17.7 Å². The highest BCUT2D eigenvalue weighted by molar-refractivity contribution is 5.94. The van der Waals surface area contributed by atoms with Gasteiger partial charge in [-0.2, -0.15) is 0 Å². The van der Waals surface area contributed by atoms with Gasteiger partial charge in [-0.1, -0.05) is 26.0 Å². The maximum absolute atomic E-state index is 12.9. The van der Waals surface area contributed by atoms with E-state index in [-0.39, 0.29) is 23.6 Å². The Morgan fingerprint density at radius 3 is 2.36 bits per heavy atom. The topological polar surface area (TPSA) is 69.7 Å². The molecule has 1 aromatic carbocycles. The van der Waals surface area contributed by atoms with E-state index in [0.29, 0.717) is 25.1 Å². The molecule has 1 aromatic rings. The van der Waals surface area contributed by atoms with Gasteiger partial charge in [0.05, 0.1) is 0 Å². The third-order valence-electron chi connectivity index (χ3n) is 4.57. The summed E-state index contributed by atoms with van der Waals surface area (Å²) in [5.74, 6) is -0.0490. The summed E-state index contributed by atoms with van der Waals surface area (Å²) in [6, 6.07) is 6.77. The van der Waals surface area contributed by atoms with Gasteiger partial charge in [-0.15, -0.1) is 0 Å². The van der Waals surface area contributed by atoms with Crippen LogP contribution in [0, 0.1) is 5.92 Å². The van der Waals surface area contributed by atoms with Crippen LogP contribution in [0.5, 0.6) is 0 Å². The molecule has 25 heavy (non-hydrogen) atoms. The van der Waals surface area contributed by atoms with E-state index in [2.05, 4.69) is 5.32 Å². The standard InChI is InChI=1S/C19H27N3O3/c1-13(2)17(22-11-5-6-16(22)23)19(25)21(4)12-14-7-9-15(10-8-14)18(24)20-3/h7-10,13,17H,5-6,11-12H2,1-4H3,(H,20,24)/t17-/m1/s1. The van der Waals surface area contributed by atoms with Gasteiger partial charge in [0.2, 0.25) is 11.8 Å². The number of rotatable bonds is 6. The maximum Gasteiger partial charge on any atom is 0.251 e. The quantitative estimate of drug-likeness (QED) is 0.852. The number of likely N-dealkylation sites (N-methyl/N-ethyl adjacent to an activating group) is 1. The molecule has 0 saturated carbocycles. The predicted molar refractivity (Wildman–Crippen MR) is 95.9 cm³/mol. The Kier molecular flexibility index (Phi) is 6.17. The van der Waals surface area contributed by atoms with Crippen LogP contribution in [0.2, 0.25) is 0 Å². The molecule has 0 radical (unpaired) electrons. The fourth-order valence-electron chi connectivity index (χ4n) is 3.22. The van der Waals surface area contributed by atoms with Gasteiger partial charge in [-0.05, 0) is 30.0 Å². The molecule has 1 atom stereocenters. The number of hydrogen-bond acceptors (Lipinski definition) is 3. The smallest absolute Gasteiger partial charge is 0.251 e. The molecule has 6 nitrogen and oxygen atoms in total. The third-order valence-corrected chi connectivity index (χ3v) is 4.57. The monoisotopic (exact) mass is 345 g/mol. The molecule has 1 aliphatic heterocycles. The lowest BCUT2D eigenvalue weighted by Crippen LogP contribution is -2.50. The van der Waals surface area contributed by atoms with Crippen LogP contribution >= 0.6 is 0 Å². The van der Waals surface area contributed by atoms with Crippen LogP contribution < -0.4 is 5.32 Å². The Labute approximate surface area is 149 Å². The zero-order valence-corrected chi connectivity index (χ0v) is 15.4. The lowest BCUT2D eigenvalue weighted by molar-refractivity contribution is -0.144. The first-order chi connectivity index (χ1) is 11.8. The number of hydrogen-bond donors (Lipinski definition) is 1. The molecular weight excluding hydrogens is 318 g/mol. The van der Waals surface area contributed by atoms with E-state index in [9.17, 15) is 14.4 Å². The van der Waals surface area contributed by atoms with Gasteiger partial charge in [0.1, 0.15) is 6.04 Å². The summed E-state index contributed by atoms with van der Waals surface area (Å²) in [5, 5.41) is 2.58. The summed E-state index contributed by atoms with van der Waals surface area (Å²) < 4.78 is 0. The number of likely N-dealkylation sites (tertiary alicyclic amines) is 1. The number of amides is 3. The molecule has 1 aliphatic rings. The van der Waals surface area contributed by atoms with Crippen molar-refractivity contribution in [3.05, 3.63) is 35.4 Å². The van der Waals surface area contributed by atoms with Crippen molar-refractivity contribution in [2.45, 2.75) is 39.3 Å². The molecule has 0 aromatic heterocycles. The van der Waals surface area contributed by atoms with Crippen LogP contribution in [0.4, 0.5) is 0 Å². The zero-order chi connectivity index (χ0) is 18.6. The van der Waals surface area contributed by atoms with E-state index < -0.39 is 6.04 Å². The summed E-state index contributed by atoms with van der Waals surface area (Å²) >= 11 is 0. The summed E-state index contributed by atoms with van der Waals surface area (Å²) in [6.45, 7) is 5.04. The van der Waals surface area contributed by atoms with Crippen LogP contribution in [0.3, 0.4) is 0 Å². The second kappa shape index (κ2) is 8.14. The van der Waals surface area contributed by atoms with Gasteiger partial charge < -0.3 is 15.1 Å². The molecule has 1 saturated heterocycles. The Morgan fingerprint density at radius 2 is 1.88 bits per heavy atom. The molecular formula is C19H27N3O3. The maximum atomic E-state index is 12.9. The first-order valence-electron chi connectivity index (χ1n) is 8.70. The Bertz CT molecular complexity index is 640. The van der Waals surface area contributed by atoms with E-state index in [4.69, 9.17) is 0 Å². The Morgan fingerprint density at radius 1 is 1.24 bits per heavy atom. The molecule has 1 heterocycles. The predicted octanol–water partition coefficient (Wildman–Crippen LogP) is 1.65. The SMILES string of the molecule is CNC(=O)c1ccc(CN(C)C(=O)[C@@H](C(C)C)N2CCCC2=O)cc1.